The third kappa shape index (κ3) is 2.02. The average Bonchev–Trinajstić information content (AvgIpc) is 2.32. The molecule has 0 bridgehead atoms. The molecule has 0 saturated carbocycles. The Hall–Kier alpha value is -1.35. The molecule has 1 aromatic carbocycles. The summed E-state index contributed by atoms with van der Waals surface area (Å²) in [6, 6.07) is 10.2. The molecule has 0 unspecified atom stereocenters. The van der Waals surface area contributed by atoms with Gasteiger partial charge >= 0.3 is 0 Å². The van der Waals surface area contributed by atoms with E-state index < -0.39 is 0 Å². The zero-order valence-electron chi connectivity index (χ0n) is 8.70. The molecular weight excluding hydrogens is 188 g/mol. The van der Waals surface area contributed by atoms with Crippen molar-refractivity contribution in [1.82, 2.24) is 10.6 Å². The van der Waals surface area contributed by atoms with Crippen molar-refractivity contribution in [3.63, 3.8) is 0 Å². The zero-order chi connectivity index (χ0) is 10.6. The number of nitrogens with one attached hydrogen (secondary N) is 2. The summed E-state index contributed by atoms with van der Waals surface area (Å²) in [5.41, 5.74) is 1.05. The second-order valence-electron chi connectivity index (χ2n) is 3.96. The van der Waals surface area contributed by atoms with Crippen molar-refractivity contribution in [2.45, 2.75) is 18.4 Å². The number of benzene rings is 1. The average molecular weight is 204 g/mol. The van der Waals surface area contributed by atoms with Crippen LogP contribution in [0.5, 0.6) is 0 Å². The molecule has 1 saturated heterocycles. The molecule has 1 heterocycles. The molecule has 0 aliphatic carbocycles. The largest absolute Gasteiger partial charge is 0.349 e. The number of hydrogen-bond donors (Lipinski definition) is 2. The Morgan fingerprint density at radius 1 is 1.20 bits per heavy atom. The minimum absolute atomic E-state index is 0.158. The van der Waals surface area contributed by atoms with Crippen LogP contribution in [0.15, 0.2) is 30.3 Å². The Bertz CT molecular complexity index is 318. The SMILES string of the molecule is O=CNC1(c2ccccc2)CCNCC1. The Kier molecular flexibility index (Phi) is 3.02. The lowest BCUT2D eigenvalue weighted by atomic mass is 9.82. The highest BCUT2D eigenvalue weighted by atomic mass is 16.1. The number of carbonyl (C=O) groups is 1. The molecule has 3 heteroatoms. The summed E-state index contributed by atoms with van der Waals surface area (Å²) in [6.07, 6.45) is 2.73. The van der Waals surface area contributed by atoms with Crippen LogP contribution in [0, 0.1) is 0 Å². The van der Waals surface area contributed by atoms with Crippen LogP contribution in [0.2, 0.25) is 0 Å². The fraction of sp³-hybridized carbons (Fsp3) is 0.417. The molecule has 0 spiro atoms. The monoisotopic (exact) mass is 204 g/mol. The molecule has 2 rings (SSSR count). The summed E-state index contributed by atoms with van der Waals surface area (Å²) in [5.74, 6) is 0. The van der Waals surface area contributed by atoms with E-state index in [-0.39, 0.29) is 5.54 Å². The molecule has 2 N–H and O–H groups in total. The summed E-state index contributed by atoms with van der Waals surface area (Å²) in [5, 5.41) is 6.31. The quantitative estimate of drug-likeness (QED) is 0.721. The second-order valence-corrected chi connectivity index (χ2v) is 3.96. The van der Waals surface area contributed by atoms with Crippen molar-refractivity contribution in [2.75, 3.05) is 13.1 Å². The van der Waals surface area contributed by atoms with Gasteiger partial charge in [-0.1, -0.05) is 30.3 Å². The summed E-state index contributed by atoms with van der Waals surface area (Å²) in [6.45, 7) is 1.91. The molecule has 1 amide bonds. The maximum Gasteiger partial charge on any atom is 0.207 e. The van der Waals surface area contributed by atoms with E-state index in [0.717, 1.165) is 32.3 Å². The smallest absolute Gasteiger partial charge is 0.207 e. The van der Waals surface area contributed by atoms with Gasteiger partial charge in [0.15, 0.2) is 0 Å². The third-order valence-electron chi connectivity index (χ3n) is 3.12. The van der Waals surface area contributed by atoms with Crippen LogP contribution in [0.25, 0.3) is 0 Å². The highest BCUT2D eigenvalue weighted by molar-refractivity contribution is 5.50. The predicted octanol–water partition coefficient (Wildman–Crippen LogP) is 1.01. The standard InChI is InChI=1S/C12H16N2O/c15-10-14-12(6-8-13-9-7-12)11-4-2-1-3-5-11/h1-5,10,13H,6-9H2,(H,14,15). The molecule has 1 aliphatic rings. The van der Waals surface area contributed by atoms with Gasteiger partial charge < -0.3 is 10.6 Å². The lowest BCUT2D eigenvalue weighted by molar-refractivity contribution is -0.111. The molecule has 1 fully saturated rings. The van der Waals surface area contributed by atoms with Gasteiger partial charge in [0.1, 0.15) is 0 Å². The van der Waals surface area contributed by atoms with Gasteiger partial charge in [-0.15, -0.1) is 0 Å². The van der Waals surface area contributed by atoms with Gasteiger partial charge in [0.05, 0.1) is 5.54 Å². The lowest BCUT2D eigenvalue weighted by Gasteiger charge is -2.37. The third-order valence-corrected chi connectivity index (χ3v) is 3.12. The predicted molar refractivity (Wildman–Crippen MR) is 59.4 cm³/mol. The molecule has 15 heavy (non-hydrogen) atoms. The lowest BCUT2D eigenvalue weighted by Crippen LogP contribution is -2.49. The first-order chi connectivity index (χ1) is 7.37. The Labute approximate surface area is 89.9 Å². The van der Waals surface area contributed by atoms with Gasteiger partial charge in [0.25, 0.3) is 0 Å². The van der Waals surface area contributed by atoms with Crippen LogP contribution in [-0.2, 0) is 10.3 Å². The normalized spacial score (nSPS) is 19.5. The zero-order valence-corrected chi connectivity index (χ0v) is 8.70. The van der Waals surface area contributed by atoms with Crippen molar-refractivity contribution >= 4 is 6.41 Å². The van der Waals surface area contributed by atoms with E-state index in [4.69, 9.17) is 0 Å². The van der Waals surface area contributed by atoms with Crippen molar-refractivity contribution in [2.24, 2.45) is 0 Å². The van der Waals surface area contributed by atoms with Gasteiger partial charge in [-0.05, 0) is 31.5 Å². The number of carbonyl (C=O) groups excluding carboxylic acids is 1. The Morgan fingerprint density at radius 2 is 1.87 bits per heavy atom. The minimum atomic E-state index is -0.158. The van der Waals surface area contributed by atoms with Gasteiger partial charge in [-0.3, -0.25) is 4.79 Å². The molecule has 0 aromatic heterocycles. The second kappa shape index (κ2) is 4.45. The molecule has 0 atom stereocenters. The Balaban J connectivity index is 2.29. The van der Waals surface area contributed by atoms with Gasteiger partial charge in [0.2, 0.25) is 6.41 Å². The van der Waals surface area contributed by atoms with Crippen LogP contribution in [0.1, 0.15) is 18.4 Å². The molecule has 0 radical (unpaired) electrons. The first-order valence-corrected chi connectivity index (χ1v) is 5.35. The van der Waals surface area contributed by atoms with Crippen LogP contribution in [0.4, 0.5) is 0 Å². The first kappa shape index (κ1) is 10.2. The van der Waals surface area contributed by atoms with Crippen molar-refractivity contribution in [1.29, 1.82) is 0 Å². The van der Waals surface area contributed by atoms with Crippen molar-refractivity contribution in [3.05, 3.63) is 35.9 Å². The molecule has 1 aromatic rings. The van der Waals surface area contributed by atoms with E-state index in [1.165, 1.54) is 5.56 Å². The van der Waals surface area contributed by atoms with E-state index in [9.17, 15) is 4.79 Å². The molecule has 80 valence electrons. The fourth-order valence-electron chi connectivity index (χ4n) is 2.24. The fourth-order valence-corrected chi connectivity index (χ4v) is 2.24. The minimum Gasteiger partial charge on any atom is -0.349 e. The highest BCUT2D eigenvalue weighted by Crippen LogP contribution is 2.29. The van der Waals surface area contributed by atoms with E-state index in [0.29, 0.717) is 0 Å². The summed E-state index contributed by atoms with van der Waals surface area (Å²) in [7, 11) is 0. The molecule has 3 nitrogen and oxygen atoms in total. The summed E-state index contributed by atoms with van der Waals surface area (Å²) in [4.78, 5) is 10.7. The number of amides is 1. The van der Waals surface area contributed by atoms with Crippen LogP contribution in [-0.4, -0.2) is 19.5 Å². The molecule has 1 aliphatic heterocycles. The number of hydrogen-bond acceptors (Lipinski definition) is 2. The molecular formula is C12H16N2O. The maximum absolute atomic E-state index is 10.7. The van der Waals surface area contributed by atoms with Crippen LogP contribution in [0.3, 0.4) is 0 Å². The van der Waals surface area contributed by atoms with E-state index in [2.05, 4.69) is 22.8 Å². The number of rotatable bonds is 3. The van der Waals surface area contributed by atoms with Crippen LogP contribution >= 0.6 is 0 Å². The van der Waals surface area contributed by atoms with Gasteiger partial charge in [0, 0.05) is 0 Å². The van der Waals surface area contributed by atoms with Gasteiger partial charge in [-0.25, -0.2) is 0 Å². The topological polar surface area (TPSA) is 41.1 Å². The van der Waals surface area contributed by atoms with Crippen molar-refractivity contribution < 1.29 is 4.79 Å². The van der Waals surface area contributed by atoms with E-state index in [1.54, 1.807) is 0 Å². The van der Waals surface area contributed by atoms with E-state index >= 15 is 0 Å². The Morgan fingerprint density at radius 3 is 2.47 bits per heavy atom. The van der Waals surface area contributed by atoms with Crippen molar-refractivity contribution in [3.8, 4) is 0 Å². The van der Waals surface area contributed by atoms with Gasteiger partial charge in [-0.2, -0.15) is 0 Å². The summed E-state index contributed by atoms with van der Waals surface area (Å²) >= 11 is 0. The maximum atomic E-state index is 10.7. The van der Waals surface area contributed by atoms with Crippen LogP contribution < -0.4 is 10.6 Å². The number of piperidine rings is 1. The highest BCUT2D eigenvalue weighted by Gasteiger charge is 2.32. The van der Waals surface area contributed by atoms with E-state index in [1.807, 2.05) is 18.2 Å². The summed E-state index contributed by atoms with van der Waals surface area (Å²) < 4.78 is 0. The first-order valence-electron chi connectivity index (χ1n) is 5.35.